The van der Waals surface area contributed by atoms with Crippen LogP contribution in [0.5, 0.6) is 5.75 Å². The fourth-order valence-corrected chi connectivity index (χ4v) is 3.30. The van der Waals surface area contributed by atoms with E-state index in [1.54, 1.807) is 0 Å². The Hall–Kier alpha value is -2.30. The topological polar surface area (TPSA) is 27.7 Å². The van der Waals surface area contributed by atoms with Gasteiger partial charge in [-0.1, -0.05) is 54.6 Å². The minimum absolute atomic E-state index is 0.375. The molecule has 1 heterocycles. The SMILES string of the molecule is CC1(C)OB(c2cc(OCc3ccccc3)cc3ccccc23)OC1(C)C. The van der Waals surface area contributed by atoms with Crippen molar-refractivity contribution in [3.63, 3.8) is 0 Å². The predicted octanol–water partition coefficient (Wildman–Crippen LogP) is 4.72. The van der Waals surface area contributed by atoms with Crippen molar-refractivity contribution in [2.24, 2.45) is 0 Å². The molecule has 0 aromatic heterocycles. The van der Waals surface area contributed by atoms with Crippen LogP contribution in [-0.2, 0) is 15.9 Å². The fourth-order valence-electron chi connectivity index (χ4n) is 3.30. The average molecular weight is 360 g/mol. The molecule has 1 aliphatic rings. The zero-order valence-electron chi connectivity index (χ0n) is 16.4. The molecule has 4 rings (SSSR count). The van der Waals surface area contributed by atoms with E-state index in [4.69, 9.17) is 14.0 Å². The molecule has 3 aromatic carbocycles. The fraction of sp³-hybridized carbons (Fsp3) is 0.304. The molecule has 0 unspecified atom stereocenters. The van der Waals surface area contributed by atoms with Crippen LogP contribution in [0.25, 0.3) is 10.8 Å². The molecular formula is C23H25BO3. The number of fused-ring (bicyclic) bond motifs is 1. The monoisotopic (exact) mass is 360 g/mol. The minimum Gasteiger partial charge on any atom is -0.489 e. The maximum Gasteiger partial charge on any atom is 0.495 e. The average Bonchev–Trinajstić information content (AvgIpc) is 2.87. The Morgan fingerprint density at radius 3 is 2.15 bits per heavy atom. The summed E-state index contributed by atoms with van der Waals surface area (Å²) in [4.78, 5) is 0. The summed E-state index contributed by atoms with van der Waals surface area (Å²) in [6.45, 7) is 8.83. The molecule has 0 aliphatic carbocycles. The summed E-state index contributed by atoms with van der Waals surface area (Å²) in [5, 5.41) is 2.25. The first-order valence-electron chi connectivity index (χ1n) is 9.41. The molecule has 3 aromatic rings. The highest BCUT2D eigenvalue weighted by Crippen LogP contribution is 2.37. The molecule has 27 heavy (non-hydrogen) atoms. The molecule has 0 spiro atoms. The normalized spacial score (nSPS) is 18.0. The van der Waals surface area contributed by atoms with Crippen molar-refractivity contribution in [3.05, 3.63) is 72.3 Å². The van der Waals surface area contributed by atoms with Crippen LogP contribution in [0.3, 0.4) is 0 Å². The Morgan fingerprint density at radius 2 is 1.44 bits per heavy atom. The van der Waals surface area contributed by atoms with Crippen molar-refractivity contribution in [1.29, 1.82) is 0 Å². The number of benzene rings is 3. The molecule has 0 saturated carbocycles. The molecule has 138 valence electrons. The second kappa shape index (κ2) is 6.70. The number of ether oxygens (including phenoxy) is 1. The Kier molecular flexibility index (Phi) is 4.49. The van der Waals surface area contributed by atoms with Gasteiger partial charge in [-0.3, -0.25) is 0 Å². The van der Waals surface area contributed by atoms with Gasteiger partial charge < -0.3 is 14.0 Å². The lowest BCUT2D eigenvalue weighted by Crippen LogP contribution is -2.41. The third-order valence-corrected chi connectivity index (χ3v) is 5.62. The Labute approximate surface area is 161 Å². The summed E-state index contributed by atoms with van der Waals surface area (Å²) in [5.74, 6) is 0.822. The Bertz CT molecular complexity index is 934. The van der Waals surface area contributed by atoms with E-state index in [0.29, 0.717) is 6.61 Å². The van der Waals surface area contributed by atoms with Crippen LogP contribution in [0.2, 0.25) is 0 Å². The van der Waals surface area contributed by atoms with Crippen LogP contribution in [0, 0.1) is 0 Å². The molecule has 1 fully saturated rings. The van der Waals surface area contributed by atoms with Gasteiger partial charge in [-0.05, 0) is 61.6 Å². The standard InChI is InChI=1S/C23H25BO3/c1-22(2)23(3,4)27-24(26-22)21-15-19(14-18-12-8-9-13-20(18)21)25-16-17-10-6-5-7-11-17/h5-15H,16H2,1-4H3. The molecule has 3 nitrogen and oxygen atoms in total. The zero-order chi connectivity index (χ0) is 19.1. The van der Waals surface area contributed by atoms with E-state index < -0.39 is 7.12 Å². The van der Waals surface area contributed by atoms with E-state index in [2.05, 4.69) is 58.0 Å². The maximum atomic E-state index is 6.30. The number of rotatable bonds is 4. The van der Waals surface area contributed by atoms with Gasteiger partial charge in [0, 0.05) is 0 Å². The van der Waals surface area contributed by atoms with Crippen LogP contribution >= 0.6 is 0 Å². The highest BCUT2D eigenvalue weighted by molar-refractivity contribution is 6.65. The summed E-state index contributed by atoms with van der Waals surface area (Å²) in [6.07, 6.45) is 0. The molecule has 0 N–H and O–H groups in total. The highest BCUT2D eigenvalue weighted by atomic mass is 16.7. The van der Waals surface area contributed by atoms with Crippen molar-refractivity contribution in [2.45, 2.75) is 45.5 Å². The van der Waals surface area contributed by atoms with Crippen molar-refractivity contribution >= 4 is 23.4 Å². The summed E-state index contributed by atoms with van der Waals surface area (Å²) in [7, 11) is -0.417. The van der Waals surface area contributed by atoms with Gasteiger partial charge in [0.2, 0.25) is 0 Å². The summed E-state index contributed by atoms with van der Waals surface area (Å²) >= 11 is 0. The zero-order valence-corrected chi connectivity index (χ0v) is 16.4. The van der Waals surface area contributed by atoms with Crippen molar-refractivity contribution in [3.8, 4) is 5.75 Å². The lowest BCUT2D eigenvalue weighted by atomic mass is 9.76. The van der Waals surface area contributed by atoms with Crippen molar-refractivity contribution in [1.82, 2.24) is 0 Å². The molecule has 1 aliphatic heterocycles. The lowest BCUT2D eigenvalue weighted by Gasteiger charge is -2.32. The van der Waals surface area contributed by atoms with Gasteiger partial charge in [-0.15, -0.1) is 0 Å². The highest BCUT2D eigenvalue weighted by Gasteiger charge is 2.52. The minimum atomic E-state index is -0.417. The van der Waals surface area contributed by atoms with Gasteiger partial charge in [0.25, 0.3) is 0 Å². The third kappa shape index (κ3) is 3.47. The molecule has 0 amide bonds. The van der Waals surface area contributed by atoms with Gasteiger partial charge in [0.1, 0.15) is 12.4 Å². The van der Waals surface area contributed by atoms with E-state index in [1.807, 2.05) is 36.4 Å². The summed E-state index contributed by atoms with van der Waals surface area (Å²) < 4.78 is 18.7. The van der Waals surface area contributed by atoms with Crippen LogP contribution in [-0.4, -0.2) is 18.3 Å². The Morgan fingerprint density at radius 1 is 0.815 bits per heavy atom. The first kappa shape index (κ1) is 18.1. The van der Waals surface area contributed by atoms with Gasteiger partial charge in [0.05, 0.1) is 11.2 Å². The maximum absolute atomic E-state index is 6.30. The predicted molar refractivity (Wildman–Crippen MR) is 110 cm³/mol. The van der Waals surface area contributed by atoms with E-state index in [9.17, 15) is 0 Å². The smallest absolute Gasteiger partial charge is 0.489 e. The van der Waals surface area contributed by atoms with Gasteiger partial charge in [-0.2, -0.15) is 0 Å². The first-order chi connectivity index (χ1) is 12.9. The first-order valence-corrected chi connectivity index (χ1v) is 9.41. The largest absolute Gasteiger partial charge is 0.495 e. The molecule has 1 saturated heterocycles. The van der Waals surface area contributed by atoms with Crippen LogP contribution in [0.1, 0.15) is 33.3 Å². The van der Waals surface area contributed by atoms with Gasteiger partial charge in [0.15, 0.2) is 0 Å². The van der Waals surface area contributed by atoms with Gasteiger partial charge >= 0.3 is 7.12 Å². The third-order valence-electron chi connectivity index (χ3n) is 5.62. The van der Waals surface area contributed by atoms with E-state index >= 15 is 0 Å². The van der Waals surface area contributed by atoms with Crippen LogP contribution in [0.15, 0.2) is 66.7 Å². The second-order valence-electron chi connectivity index (χ2n) is 8.10. The van der Waals surface area contributed by atoms with Crippen molar-refractivity contribution < 1.29 is 14.0 Å². The number of hydrogen-bond acceptors (Lipinski definition) is 3. The molecular weight excluding hydrogens is 335 g/mol. The van der Waals surface area contributed by atoms with Crippen molar-refractivity contribution in [2.75, 3.05) is 0 Å². The second-order valence-corrected chi connectivity index (χ2v) is 8.10. The Balaban J connectivity index is 1.69. The summed E-state index contributed by atoms with van der Waals surface area (Å²) in [5.41, 5.74) is 1.40. The van der Waals surface area contributed by atoms with Crippen LogP contribution in [0.4, 0.5) is 0 Å². The lowest BCUT2D eigenvalue weighted by molar-refractivity contribution is 0.00578. The molecule has 0 radical (unpaired) electrons. The molecule has 0 atom stereocenters. The molecule has 4 heteroatoms. The van der Waals surface area contributed by atoms with E-state index in [1.165, 1.54) is 0 Å². The van der Waals surface area contributed by atoms with E-state index in [-0.39, 0.29) is 11.2 Å². The quantitative estimate of drug-likeness (QED) is 0.631. The van der Waals surface area contributed by atoms with E-state index in [0.717, 1.165) is 27.5 Å². The summed E-state index contributed by atoms with van der Waals surface area (Å²) in [6, 6.07) is 22.6. The molecule has 0 bridgehead atoms. The number of hydrogen-bond donors (Lipinski definition) is 0. The van der Waals surface area contributed by atoms with Crippen LogP contribution < -0.4 is 10.2 Å². The van der Waals surface area contributed by atoms with Gasteiger partial charge in [-0.25, -0.2) is 0 Å².